The molecular formula is C47H75F2N5O7S. The monoisotopic (exact) mass is 892 g/mol. The van der Waals surface area contributed by atoms with Crippen molar-refractivity contribution in [2.24, 2.45) is 44.8 Å². The van der Waals surface area contributed by atoms with Crippen LogP contribution in [0.15, 0.2) is 12.7 Å². The van der Waals surface area contributed by atoms with Gasteiger partial charge in [-0.1, -0.05) is 79.7 Å². The van der Waals surface area contributed by atoms with E-state index in [1.165, 1.54) is 13.0 Å². The molecule has 3 amide bonds. The number of hydrogen-bond acceptors (Lipinski definition) is 8. The number of carbonyl (C=O) groups excluding carboxylic acids is 5. The zero-order valence-corrected chi connectivity index (χ0v) is 39.5. The van der Waals surface area contributed by atoms with E-state index >= 15 is 4.79 Å². The number of nitrogens with zero attached hydrogens (tertiary/aromatic N) is 3. The van der Waals surface area contributed by atoms with E-state index in [1.54, 1.807) is 4.90 Å². The molecular weight excluding hydrogens is 817 g/mol. The predicted octanol–water partition coefficient (Wildman–Crippen LogP) is 6.83. The normalized spacial score (nSPS) is 30.6. The van der Waals surface area contributed by atoms with Gasteiger partial charge in [0.1, 0.15) is 0 Å². The van der Waals surface area contributed by atoms with Crippen molar-refractivity contribution in [1.82, 2.24) is 24.1 Å². The summed E-state index contributed by atoms with van der Waals surface area (Å²) in [6.07, 6.45) is 9.01. The molecule has 6 rings (SSSR count). The molecule has 2 aliphatic heterocycles. The molecule has 0 aromatic heterocycles. The van der Waals surface area contributed by atoms with Crippen LogP contribution in [0.1, 0.15) is 152 Å². The van der Waals surface area contributed by atoms with Gasteiger partial charge in [-0.15, -0.1) is 6.58 Å². The number of hydrogen-bond donors (Lipinski definition) is 2. The molecule has 0 unspecified atom stereocenters. The van der Waals surface area contributed by atoms with Crippen LogP contribution in [0.4, 0.5) is 8.78 Å². The van der Waals surface area contributed by atoms with Crippen molar-refractivity contribution >= 4 is 39.5 Å². The molecule has 2 spiro atoms. The first-order valence-corrected chi connectivity index (χ1v) is 25.0. The van der Waals surface area contributed by atoms with Gasteiger partial charge in [-0.25, -0.2) is 13.5 Å². The number of rotatable bonds is 18. The Morgan fingerprint density at radius 2 is 1.56 bits per heavy atom. The van der Waals surface area contributed by atoms with Crippen LogP contribution < -0.4 is 10.0 Å². The highest BCUT2D eigenvalue weighted by molar-refractivity contribution is 7.87. The lowest BCUT2D eigenvalue weighted by atomic mass is 9.73. The predicted molar refractivity (Wildman–Crippen MR) is 234 cm³/mol. The van der Waals surface area contributed by atoms with Crippen molar-refractivity contribution in [3.8, 4) is 0 Å². The third-order valence-electron chi connectivity index (χ3n) is 17.1. The summed E-state index contributed by atoms with van der Waals surface area (Å²) in [6.45, 7) is 19.4. The van der Waals surface area contributed by atoms with Crippen molar-refractivity contribution in [2.75, 3.05) is 26.2 Å². The fourth-order valence-corrected chi connectivity index (χ4v) is 14.1. The minimum absolute atomic E-state index is 0.0376. The summed E-state index contributed by atoms with van der Waals surface area (Å²) in [5, 5.41) is 3.24. The molecule has 0 radical (unpaired) electrons. The Balaban J connectivity index is 1.28. The second kappa shape index (κ2) is 17.9. The number of fused-ring (bicyclic) bond motifs is 1. The van der Waals surface area contributed by atoms with Gasteiger partial charge in [-0.2, -0.15) is 12.7 Å². The van der Waals surface area contributed by atoms with Crippen LogP contribution in [0, 0.1) is 44.8 Å². The summed E-state index contributed by atoms with van der Waals surface area (Å²) in [5.74, 6) is -3.29. The lowest BCUT2D eigenvalue weighted by Crippen LogP contribution is -2.57. The number of alkyl halides is 2. The van der Waals surface area contributed by atoms with E-state index in [-0.39, 0.29) is 83.4 Å². The lowest BCUT2D eigenvalue weighted by Gasteiger charge is -2.40. The highest BCUT2D eigenvalue weighted by Gasteiger charge is 2.85. The van der Waals surface area contributed by atoms with Crippen LogP contribution in [0.25, 0.3) is 0 Å². The number of likely N-dealkylation sites (tertiary alicyclic amines) is 2. The molecule has 350 valence electrons. The smallest absolute Gasteiger partial charge is 0.304 e. The number of nitrogens with one attached hydrogen (secondary N) is 2. The Labute approximate surface area is 369 Å². The molecule has 4 aliphatic carbocycles. The molecule has 2 saturated heterocycles. The van der Waals surface area contributed by atoms with Crippen LogP contribution in [0.2, 0.25) is 0 Å². The molecule has 4 saturated carbocycles. The van der Waals surface area contributed by atoms with E-state index in [0.29, 0.717) is 17.3 Å². The van der Waals surface area contributed by atoms with E-state index in [2.05, 4.69) is 44.5 Å². The number of Topliss-reactive ketones (excluding diaryl/α,β-unsaturated/α-hetero) is 2. The van der Waals surface area contributed by atoms with E-state index in [9.17, 15) is 36.4 Å². The first kappa shape index (κ1) is 48.7. The Morgan fingerprint density at radius 3 is 2.08 bits per heavy atom. The summed E-state index contributed by atoms with van der Waals surface area (Å²) in [5.41, 5.74) is -2.73. The number of halogens is 2. The standard InChI is InChI=1S/C47H75F2N5O7S/c1-10-32-25-45(32,42(59)51-62(60,61)52(11-2)28-38(48)49)27-37(56)35-26-47(44(8,9)46(47)21-17-22-46)29-54(35)41(58)33(43(5,6)7)24-36(55)39(31-18-13-12-14-19-31)50-40(57)34-20-15-16-23-53(34)30(3)4/h10,30-35,38-39H,1,11-29H2,2-9H3,(H,50,57)(H,51,59)/t32-,33-,34+,35+,39+,45-,47-/m1/s1. The highest BCUT2D eigenvalue weighted by Crippen LogP contribution is 2.88. The van der Waals surface area contributed by atoms with E-state index in [1.807, 2.05) is 25.5 Å². The van der Waals surface area contributed by atoms with Crippen LogP contribution >= 0.6 is 0 Å². The van der Waals surface area contributed by atoms with Gasteiger partial charge in [0.05, 0.1) is 30.1 Å². The van der Waals surface area contributed by atoms with Crippen molar-refractivity contribution in [3.63, 3.8) is 0 Å². The minimum Gasteiger partial charge on any atom is -0.345 e. The molecule has 7 atom stereocenters. The van der Waals surface area contributed by atoms with Crippen LogP contribution in [-0.4, -0.2) is 109 Å². The van der Waals surface area contributed by atoms with Gasteiger partial charge in [0, 0.05) is 43.3 Å². The number of piperidine rings is 1. The van der Waals surface area contributed by atoms with Gasteiger partial charge < -0.3 is 10.2 Å². The lowest BCUT2D eigenvalue weighted by molar-refractivity contribution is -0.147. The maximum Gasteiger partial charge on any atom is 0.304 e. The minimum atomic E-state index is -4.65. The van der Waals surface area contributed by atoms with Gasteiger partial charge in [-0.3, -0.25) is 28.9 Å². The molecule has 2 N–H and O–H groups in total. The van der Waals surface area contributed by atoms with Crippen molar-refractivity contribution in [1.29, 1.82) is 0 Å². The Morgan fingerprint density at radius 1 is 0.919 bits per heavy atom. The summed E-state index contributed by atoms with van der Waals surface area (Å²) in [4.78, 5) is 77.0. The SMILES string of the molecule is C=C[C@@H]1C[C@]1(CC(=O)[C@@H]1C[C@@]2(CN1C(=O)[C@@H](CC(=O)[C@@H](NC(=O)[C@@H]1CCCCN1C(C)C)C1CCCCC1)C(C)(C)C)C(C)(C)C21CCC1)C(=O)NS(=O)(=O)N(CC)CC(F)F. The van der Waals surface area contributed by atoms with Crippen LogP contribution in [0.5, 0.6) is 0 Å². The van der Waals surface area contributed by atoms with Crippen molar-refractivity contribution < 1.29 is 41.2 Å². The Bertz CT molecular complexity index is 1860. The van der Waals surface area contributed by atoms with E-state index < -0.39 is 63.8 Å². The number of allylic oxidation sites excluding steroid dienone is 1. The summed E-state index contributed by atoms with van der Waals surface area (Å²) in [6, 6.07) is -1.79. The van der Waals surface area contributed by atoms with Crippen molar-refractivity contribution in [3.05, 3.63) is 12.7 Å². The van der Waals surface area contributed by atoms with Gasteiger partial charge >= 0.3 is 10.2 Å². The molecule has 2 heterocycles. The summed E-state index contributed by atoms with van der Waals surface area (Å²) in [7, 11) is -4.65. The van der Waals surface area contributed by atoms with Gasteiger partial charge in [0.15, 0.2) is 11.6 Å². The number of carbonyl (C=O) groups is 5. The van der Waals surface area contributed by atoms with Crippen LogP contribution in [0.3, 0.4) is 0 Å². The molecule has 0 aromatic rings. The molecule has 0 aromatic carbocycles. The van der Waals surface area contributed by atoms with E-state index in [0.717, 1.165) is 77.2 Å². The van der Waals surface area contributed by atoms with Crippen molar-refractivity contribution in [2.45, 2.75) is 182 Å². The van der Waals surface area contributed by atoms with Gasteiger partial charge in [0.25, 0.3) is 6.43 Å². The Kier molecular flexibility index (Phi) is 14.0. The fraction of sp³-hybridized carbons (Fsp3) is 0.851. The first-order chi connectivity index (χ1) is 28.9. The third-order valence-corrected chi connectivity index (χ3v) is 18.6. The number of ketones is 2. The zero-order valence-electron chi connectivity index (χ0n) is 38.7. The second-order valence-electron chi connectivity index (χ2n) is 21.8. The summed E-state index contributed by atoms with van der Waals surface area (Å²) >= 11 is 0. The summed E-state index contributed by atoms with van der Waals surface area (Å²) < 4.78 is 55.4. The highest BCUT2D eigenvalue weighted by atomic mass is 32.2. The molecule has 6 fully saturated rings. The average Bonchev–Trinajstić information content (AvgIpc) is 3.92. The van der Waals surface area contributed by atoms with Gasteiger partial charge in [-0.05, 0) is 99.8 Å². The third kappa shape index (κ3) is 8.70. The van der Waals surface area contributed by atoms with Crippen LogP contribution in [-0.2, 0) is 34.2 Å². The molecule has 0 bridgehead atoms. The second-order valence-corrected chi connectivity index (χ2v) is 23.4. The topological polar surface area (TPSA) is 153 Å². The van der Waals surface area contributed by atoms with Gasteiger partial charge in [0.2, 0.25) is 17.7 Å². The average molecular weight is 892 g/mol. The Hall–Kier alpha value is -2.78. The van der Waals surface area contributed by atoms with E-state index in [4.69, 9.17) is 0 Å². The molecule has 12 nitrogen and oxygen atoms in total. The largest absolute Gasteiger partial charge is 0.345 e. The maximum atomic E-state index is 15.4. The molecule has 62 heavy (non-hydrogen) atoms. The molecule has 6 aliphatic rings. The number of amides is 3. The quantitative estimate of drug-likeness (QED) is 0.142. The molecule has 15 heteroatoms. The fourth-order valence-electron chi connectivity index (χ4n) is 12.9. The first-order valence-electron chi connectivity index (χ1n) is 23.6. The maximum absolute atomic E-state index is 15.4. The zero-order chi connectivity index (χ0) is 45.8.